The molecule has 3 heterocycles. The predicted octanol–water partition coefficient (Wildman–Crippen LogP) is 4.43. The molecule has 2 amide bonds. The van der Waals surface area contributed by atoms with Crippen LogP contribution in [0.1, 0.15) is 32.9 Å². The second-order valence-electron chi connectivity index (χ2n) is 9.53. The number of nitrogens with one attached hydrogen (secondary N) is 3. The number of tetrazole rings is 1. The van der Waals surface area contributed by atoms with Crippen molar-refractivity contribution >= 4 is 46.7 Å². The second-order valence-corrected chi connectivity index (χ2v) is 11.3. The zero-order valence-corrected chi connectivity index (χ0v) is 25.3. The lowest BCUT2D eigenvalue weighted by Gasteiger charge is -2.17. The van der Waals surface area contributed by atoms with Crippen LogP contribution in [0.4, 0.5) is 10.5 Å². The Kier molecular flexibility index (Phi) is 9.21. The molecule has 0 aliphatic carbocycles. The monoisotopic (exact) mass is 631 g/mol. The number of hydrogen-bond donors (Lipinski definition) is 3. The van der Waals surface area contributed by atoms with Gasteiger partial charge in [0.15, 0.2) is 0 Å². The van der Waals surface area contributed by atoms with Crippen LogP contribution in [0.2, 0.25) is 5.02 Å². The first-order chi connectivity index (χ1) is 21.2. The lowest BCUT2D eigenvalue weighted by atomic mass is 10.0. The highest BCUT2D eigenvalue weighted by Crippen LogP contribution is 2.26. The Morgan fingerprint density at radius 2 is 1.95 bits per heavy atom. The van der Waals surface area contributed by atoms with E-state index in [1.807, 2.05) is 13.8 Å². The number of thiazole rings is 1. The molecule has 2 aromatic carbocycles. The van der Waals surface area contributed by atoms with Crippen LogP contribution in [0.15, 0.2) is 65.7 Å². The van der Waals surface area contributed by atoms with Gasteiger partial charge in [0.25, 0.3) is 5.56 Å². The summed E-state index contributed by atoms with van der Waals surface area (Å²) in [5.74, 6) is -0.407. The largest absolute Gasteiger partial charge is 0.453 e. The minimum Gasteiger partial charge on any atom is -0.453 e. The molecule has 0 radical (unpaired) electrons. The smallest absolute Gasteiger partial charge is 0.411 e. The van der Waals surface area contributed by atoms with Crippen LogP contribution in [0.25, 0.3) is 22.9 Å². The number of rotatable bonds is 9. The van der Waals surface area contributed by atoms with Crippen molar-refractivity contribution in [2.45, 2.75) is 26.3 Å². The first kappa shape index (κ1) is 30.3. The van der Waals surface area contributed by atoms with Crippen LogP contribution in [-0.2, 0) is 16.0 Å². The van der Waals surface area contributed by atoms with E-state index in [0.717, 1.165) is 15.6 Å². The van der Waals surface area contributed by atoms with Gasteiger partial charge < -0.3 is 10.1 Å². The van der Waals surface area contributed by atoms with Gasteiger partial charge in [-0.25, -0.2) is 14.9 Å². The summed E-state index contributed by atoms with van der Waals surface area (Å²) in [4.78, 5) is 43.3. The molecule has 13 nitrogen and oxygen atoms in total. The number of benzene rings is 2. The van der Waals surface area contributed by atoms with Crippen molar-refractivity contribution in [2.75, 3.05) is 12.4 Å². The summed E-state index contributed by atoms with van der Waals surface area (Å²) in [6.45, 7) is 3.91. The molecule has 0 saturated carbocycles. The molecule has 0 saturated heterocycles. The molecule has 0 spiro atoms. The van der Waals surface area contributed by atoms with E-state index < -0.39 is 23.6 Å². The third kappa shape index (κ3) is 7.22. The Balaban J connectivity index is 1.44. The molecule has 3 aromatic heterocycles. The zero-order chi connectivity index (χ0) is 31.2. The SMILES string of the molecule is COC(=O)Nc1ccc(-c2cc(C(Cc3nc(C)c(C)s3)NC(=O)/C=C/c3cc(Cl)ccc3-n3cnnn3)n[nH]c2=O)cc1. The van der Waals surface area contributed by atoms with Crippen molar-refractivity contribution in [1.82, 2.24) is 40.7 Å². The van der Waals surface area contributed by atoms with Crippen molar-refractivity contribution < 1.29 is 14.3 Å². The van der Waals surface area contributed by atoms with Gasteiger partial charge in [0.1, 0.15) is 6.33 Å². The number of ether oxygens (including phenoxy) is 1. The fourth-order valence-corrected chi connectivity index (χ4v) is 5.43. The van der Waals surface area contributed by atoms with E-state index in [1.165, 1.54) is 35.5 Å². The highest BCUT2D eigenvalue weighted by Gasteiger charge is 2.21. The summed E-state index contributed by atoms with van der Waals surface area (Å²) in [6.07, 6.45) is 4.17. The van der Waals surface area contributed by atoms with Gasteiger partial charge in [-0.3, -0.25) is 14.9 Å². The number of aromatic nitrogens is 7. The van der Waals surface area contributed by atoms with Crippen LogP contribution in [0, 0.1) is 13.8 Å². The number of aromatic amines is 1. The van der Waals surface area contributed by atoms with Crippen molar-refractivity contribution in [3.05, 3.63) is 103 Å². The lowest BCUT2D eigenvalue weighted by molar-refractivity contribution is -0.117. The molecule has 0 bridgehead atoms. The number of halogens is 1. The average Bonchev–Trinajstić information content (AvgIpc) is 3.66. The van der Waals surface area contributed by atoms with E-state index in [9.17, 15) is 14.4 Å². The van der Waals surface area contributed by atoms with Gasteiger partial charge in [-0.15, -0.1) is 16.4 Å². The maximum atomic E-state index is 13.3. The summed E-state index contributed by atoms with van der Waals surface area (Å²) < 4.78 is 6.08. The summed E-state index contributed by atoms with van der Waals surface area (Å²) in [5.41, 5.74) is 3.61. The summed E-state index contributed by atoms with van der Waals surface area (Å²) in [6, 6.07) is 12.8. The molecular formula is C29H26ClN9O4S. The third-order valence-electron chi connectivity index (χ3n) is 6.58. The molecule has 3 N–H and O–H groups in total. The number of anilines is 1. The minimum absolute atomic E-state index is 0.339. The maximum Gasteiger partial charge on any atom is 0.411 e. The fourth-order valence-electron chi connectivity index (χ4n) is 4.27. The normalized spacial score (nSPS) is 11.8. The number of H-pyrrole nitrogens is 1. The Hall–Kier alpha value is -5.21. The van der Waals surface area contributed by atoms with Crippen molar-refractivity contribution in [3.8, 4) is 16.8 Å². The molecule has 5 aromatic rings. The number of methoxy groups -OCH3 is 1. The maximum absolute atomic E-state index is 13.3. The Morgan fingerprint density at radius 3 is 2.64 bits per heavy atom. The molecule has 1 unspecified atom stereocenters. The van der Waals surface area contributed by atoms with Gasteiger partial charge in [-0.2, -0.15) is 9.78 Å². The predicted molar refractivity (Wildman–Crippen MR) is 166 cm³/mol. The molecule has 0 fully saturated rings. The molecule has 1 atom stereocenters. The molecule has 224 valence electrons. The molecule has 0 aliphatic heterocycles. The minimum atomic E-state index is -0.633. The van der Waals surface area contributed by atoms with Gasteiger partial charge in [0.2, 0.25) is 5.91 Å². The number of carbonyl (C=O) groups excluding carboxylic acids is 2. The summed E-state index contributed by atoms with van der Waals surface area (Å²) in [7, 11) is 1.27. The van der Waals surface area contributed by atoms with E-state index in [1.54, 1.807) is 54.6 Å². The molecule has 0 aliphatic rings. The summed E-state index contributed by atoms with van der Waals surface area (Å²) in [5, 5.41) is 24.9. The number of nitrogens with zero attached hydrogens (tertiary/aromatic N) is 6. The van der Waals surface area contributed by atoms with Crippen LogP contribution >= 0.6 is 22.9 Å². The van der Waals surface area contributed by atoms with E-state index in [0.29, 0.717) is 45.2 Å². The quantitative estimate of drug-likeness (QED) is 0.199. The van der Waals surface area contributed by atoms with Gasteiger partial charge in [0.05, 0.1) is 40.8 Å². The Morgan fingerprint density at radius 1 is 1.16 bits per heavy atom. The van der Waals surface area contributed by atoms with E-state index in [2.05, 4.69) is 46.1 Å². The lowest BCUT2D eigenvalue weighted by Crippen LogP contribution is -2.30. The van der Waals surface area contributed by atoms with Gasteiger partial charge >= 0.3 is 6.09 Å². The first-order valence-electron chi connectivity index (χ1n) is 13.2. The molecule has 44 heavy (non-hydrogen) atoms. The zero-order valence-electron chi connectivity index (χ0n) is 23.7. The first-order valence-corrected chi connectivity index (χ1v) is 14.4. The van der Waals surface area contributed by atoms with Crippen molar-refractivity contribution in [1.29, 1.82) is 0 Å². The van der Waals surface area contributed by atoms with Crippen molar-refractivity contribution in [3.63, 3.8) is 0 Å². The van der Waals surface area contributed by atoms with E-state index >= 15 is 0 Å². The average molecular weight is 632 g/mol. The van der Waals surface area contributed by atoms with E-state index in [4.69, 9.17) is 11.6 Å². The van der Waals surface area contributed by atoms with Gasteiger partial charge in [0, 0.05) is 33.6 Å². The van der Waals surface area contributed by atoms with Crippen LogP contribution in [0.3, 0.4) is 0 Å². The standard InChI is InChI=1S/C29H26ClN9O4S/c1-16-17(2)44-27(32-16)14-23(34-26(40)11-6-19-12-20(30)7-10-25(19)39-15-31-37-38-39)24-13-22(28(41)36-35-24)18-4-8-21(9-5-18)33-29(42)43-3/h4-13,15,23H,14H2,1-3H3,(H,33,42)(H,34,40)(H,36,41)/b11-6+. The van der Waals surface area contributed by atoms with Crippen LogP contribution in [0.5, 0.6) is 0 Å². The van der Waals surface area contributed by atoms with E-state index in [-0.39, 0.29) is 0 Å². The highest BCUT2D eigenvalue weighted by atomic mass is 35.5. The van der Waals surface area contributed by atoms with Crippen LogP contribution in [-0.4, -0.2) is 54.5 Å². The molecule has 5 rings (SSSR count). The van der Waals surface area contributed by atoms with Gasteiger partial charge in [-0.1, -0.05) is 23.7 Å². The fraction of sp³-hybridized carbons (Fsp3) is 0.172. The Bertz CT molecular complexity index is 1870. The number of carbonyl (C=O) groups is 2. The van der Waals surface area contributed by atoms with Crippen molar-refractivity contribution in [2.24, 2.45) is 0 Å². The topological polar surface area (TPSA) is 170 Å². The number of amides is 2. The highest BCUT2D eigenvalue weighted by molar-refractivity contribution is 7.11. The van der Waals surface area contributed by atoms with Gasteiger partial charge in [-0.05, 0) is 72.3 Å². The second kappa shape index (κ2) is 13.4. The molecular weight excluding hydrogens is 606 g/mol. The number of aryl methyl sites for hydroxylation is 2. The number of hydrogen-bond acceptors (Lipinski definition) is 10. The molecule has 15 heteroatoms. The summed E-state index contributed by atoms with van der Waals surface area (Å²) >= 11 is 7.74. The van der Waals surface area contributed by atoms with Crippen LogP contribution < -0.4 is 16.2 Å². The third-order valence-corrected chi connectivity index (χ3v) is 7.91. The Labute approximate surface area is 260 Å².